The molecular weight excluding hydrogens is 240 g/mol. The Hall–Kier alpha value is -1.14. The van der Waals surface area contributed by atoms with Gasteiger partial charge in [0.05, 0.1) is 24.3 Å². The highest BCUT2D eigenvalue weighted by Gasteiger charge is 2.30. The zero-order chi connectivity index (χ0) is 12.3. The first-order valence-electron chi connectivity index (χ1n) is 5.60. The number of anilines is 1. The molecule has 2 rings (SSSR count). The van der Waals surface area contributed by atoms with Crippen molar-refractivity contribution in [2.24, 2.45) is 0 Å². The molecule has 0 aliphatic carbocycles. The van der Waals surface area contributed by atoms with Gasteiger partial charge in [-0.1, -0.05) is 0 Å². The van der Waals surface area contributed by atoms with Gasteiger partial charge in [0.25, 0.3) is 0 Å². The quantitative estimate of drug-likeness (QED) is 0.839. The summed E-state index contributed by atoms with van der Waals surface area (Å²) in [5.41, 5.74) is 0.796. The molecule has 0 aromatic carbocycles. The van der Waals surface area contributed by atoms with E-state index in [4.69, 9.17) is 9.84 Å². The van der Waals surface area contributed by atoms with Crippen molar-refractivity contribution in [2.45, 2.75) is 31.7 Å². The molecule has 0 radical (unpaired) electrons. The summed E-state index contributed by atoms with van der Waals surface area (Å²) in [7, 11) is 0. The highest BCUT2D eigenvalue weighted by Crippen LogP contribution is 2.26. The summed E-state index contributed by atoms with van der Waals surface area (Å²) in [6.45, 7) is 3.58. The first-order valence-corrected chi connectivity index (χ1v) is 6.47. The molecule has 2 N–H and O–H groups in total. The fourth-order valence-corrected chi connectivity index (χ4v) is 2.63. The second-order valence-electron chi connectivity index (χ2n) is 4.53. The van der Waals surface area contributed by atoms with Crippen LogP contribution >= 0.6 is 11.3 Å². The fourth-order valence-electron chi connectivity index (χ4n) is 1.74. The molecule has 1 aromatic heterocycles. The molecule has 1 saturated heterocycles. The Labute approximate surface area is 104 Å². The summed E-state index contributed by atoms with van der Waals surface area (Å²) in [5.74, 6) is -0.788. The lowest BCUT2D eigenvalue weighted by Crippen LogP contribution is -2.34. The number of aromatic nitrogens is 1. The lowest BCUT2D eigenvalue weighted by atomic mass is 10.0. The summed E-state index contributed by atoms with van der Waals surface area (Å²) in [5, 5.41) is 14.7. The highest BCUT2D eigenvalue weighted by atomic mass is 32.1. The molecule has 6 heteroatoms. The van der Waals surface area contributed by atoms with E-state index >= 15 is 0 Å². The number of nitrogens with one attached hydrogen (secondary N) is 1. The van der Waals surface area contributed by atoms with Gasteiger partial charge in [-0.15, -0.1) is 11.3 Å². The monoisotopic (exact) mass is 256 g/mol. The summed E-state index contributed by atoms with van der Waals surface area (Å²) in [6.07, 6.45) is 1.58. The van der Waals surface area contributed by atoms with Gasteiger partial charge in [-0.2, -0.15) is 0 Å². The number of nitrogens with zero attached hydrogens (tertiary/aromatic N) is 1. The summed E-state index contributed by atoms with van der Waals surface area (Å²) >= 11 is 1.52. The van der Waals surface area contributed by atoms with Crippen LogP contribution in [0, 0.1) is 0 Å². The number of aliphatic carboxylic acids is 1. The molecule has 0 bridgehead atoms. The minimum absolute atomic E-state index is 0.0398. The van der Waals surface area contributed by atoms with E-state index in [1.165, 1.54) is 11.3 Å². The third kappa shape index (κ3) is 3.41. The Kier molecular flexibility index (Phi) is 3.63. The van der Waals surface area contributed by atoms with Gasteiger partial charge in [0.2, 0.25) is 0 Å². The molecule has 5 nitrogen and oxygen atoms in total. The first-order chi connectivity index (χ1) is 8.07. The summed E-state index contributed by atoms with van der Waals surface area (Å²) < 4.78 is 5.35. The molecule has 0 spiro atoms. The third-order valence-electron chi connectivity index (χ3n) is 2.77. The lowest BCUT2D eigenvalue weighted by Gasteiger charge is -2.22. The van der Waals surface area contributed by atoms with Crippen LogP contribution in [0.1, 0.15) is 25.5 Å². The number of carboxylic acids is 1. The van der Waals surface area contributed by atoms with Crippen molar-refractivity contribution in [3.8, 4) is 0 Å². The molecule has 0 amide bonds. The van der Waals surface area contributed by atoms with Crippen molar-refractivity contribution in [1.29, 1.82) is 0 Å². The molecular formula is C11H16N2O3S. The Balaban J connectivity index is 1.91. The van der Waals surface area contributed by atoms with E-state index in [1.807, 2.05) is 5.38 Å². The lowest BCUT2D eigenvalue weighted by molar-refractivity contribution is -0.136. The van der Waals surface area contributed by atoms with Crippen LogP contribution in [-0.2, 0) is 16.0 Å². The first kappa shape index (κ1) is 12.3. The number of carboxylic acid groups (broad SMARTS) is 1. The molecule has 94 valence electrons. The van der Waals surface area contributed by atoms with Gasteiger partial charge < -0.3 is 15.2 Å². The van der Waals surface area contributed by atoms with Gasteiger partial charge in [-0.3, -0.25) is 4.79 Å². The van der Waals surface area contributed by atoms with Gasteiger partial charge in [0.15, 0.2) is 5.13 Å². The number of carbonyl (C=O) groups is 1. The molecule has 2 heterocycles. The van der Waals surface area contributed by atoms with E-state index in [9.17, 15) is 4.79 Å². The van der Waals surface area contributed by atoms with Crippen LogP contribution in [0.5, 0.6) is 0 Å². The van der Waals surface area contributed by atoms with E-state index in [1.54, 1.807) is 0 Å². The standard InChI is InChI=1S/C11H16N2O3S/c1-11(4-5-16-7-11)13-10-12-8(6-17-10)2-3-9(14)15/h6H,2-5,7H2,1H3,(H,12,13)(H,14,15). The van der Waals surface area contributed by atoms with Gasteiger partial charge in [-0.25, -0.2) is 4.98 Å². The van der Waals surface area contributed by atoms with Gasteiger partial charge in [0, 0.05) is 18.4 Å². The van der Waals surface area contributed by atoms with Crippen LogP contribution in [-0.4, -0.2) is 34.8 Å². The molecule has 1 aliphatic rings. The normalized spacial score (nSPS) is 23.8. The maximum Gasteiger partial charge on any atom is 0.303 e. The van der Waals surface area contributed by atoms with E-state index in [0.717, 1.165) is 23.9 Å². The molecule has 0 saturated carbocycles. The van der Waals surface area contributed by atoms with Crippen molar-refractivity contribution in [3.05, 3.63) is 11.1 Å². The van der Waals surface area contributed by atoms with Gasteiger partial charge in [0.1, 0.15) is 0 Å². The SMILES string of the molecule is CC1(Nc2nc(CCC(=O)O)cs2)CCOC1. The Bertz CT molecular complexity index is 399. The highest BCUT2D eigenvalue weighted by molar-refractivity contribution is 7.13. The summed E-state index contributed by atoms with van der Waals surface area (Å²) in [6, 6.07) is 0. The van der Waals surface area contributed by atoms with E-state index < -0.39 is 5.97 Å². The Morgan fingerprint density at radius 3 is 3.24 bits per heavy atom. The smallest absolute Gasteiger partial charge is 0.303 e. The van der Waals surface area contributed by atoms with Crippen LogP contribution in [0.25, 0.3) is 0 Å². The van der Waals surface area contributed by atoms with Crippen molar-refractivity contribution in [2.75, 3.05) is 18.5 Å². The Morgan fingerprint density at radius 1 is 1.76 bits per heavy atom. The predicted octanol–water partition coefficient (Wildman–Crippen LogP) is 1.75. The number of rotatable bonds is 5. The van der Waals surface area contributed by atoms with Crippen LogP contribution in [0.3, 0.4) is 0 Å². The average molecular weight is 256 g/mol. The van der Waals surface area contributed by atoms with Gasteiger partial charge >= 0.3 is 5.97 Å². The Morgan fingerprint density at radius 2 is 2.59 bits per heavy atom. The predicted molar refractivity (Wildman–Crippen MR) is 65.5 cm³/mol. The minimum Gasteiger partial charge on any atom is -0.481 e. The number of thiazole rings is 1. The third-order valence-corrected chi connectivity index (χ3v) is 3.58. The maximum atomic E-state index is 10.5. The molecule has 1 unspecified atom stereocenters. The molecule has 17 heavy (non-hydrogen) atoms. The van der Waals surface area contributed by atoms with Crippen LogP contribution < -0.4 is 5.32 Å². The van der Waals surface area contributed by atoms with Crippen LogP contribution in [0.2, 0.25) is 0 Å². The zero-order valence-corrected chi connectivity index (χ0v) is 10.5. The molecule has 1 aromatic rings. The van der Waals surface area contributed by atoms with Gasteiger partial charge in [-0.05, 0) is 13.3 Å². The topological polar surface area (TPSA) is 71.5 Å². The number of hydrogen-bond acceptors (Lipinski definition) is 5. The van der Waals surface area contributed by atoms with E-state index in [0.29, 0.717) is 13.0 Å². The number of ether oxygens (including phenoxy) is 1. The zero-order valence-electron chi connectivity index (χ0n) is 9.73. The number of hydrogen-bond donors (Lipinski definition) is 2. The molecule has 1 fully saturated rings. The largest absolute Gasteiger partial charge is 0.481 e. The fraction of sp³-hybridized carbons (Fsp3) is 0.636. The summed E-state index contributed by atoms with van der Waals surface area (Å²) in [4.78, 5) is 14.8. The minimum atomic E-state index is -0.788. The maximum absolute atomic E-state index is 10.5. The number of aryl methyl sites for hydroxylation is 1. The second-order valence-corrected chi connectivity index (χ2v) is 5.38. The van der Waals surface area contributed by atoms with Crippen LogP contribution in [0.15, 0.2) is 5.38 Å². The van der Waals surface area contributed by atoms with E-state index in [-0.39, 0.29) is 12.0 Å². The second kappa shape index (κ2) is 5.01. The van der Waals surface area contributed by atoms with Crippen molar-refractivity contribution < 1.29 is 14.6 Å². The molecule has 1 atom stereocenters. The van der Waals surface area contributed by atoms with Crippen molar-refractivity contribution >= 4 is 22.4 Å². The average Bonchev–Trinajstić information content (AvgIpc) is 2.85. The van der Waals surface area contributed by atoms with Crippen molar-refractivity contribution in [3.63, 3.8) is 0 Å². The molecule has 1 aliphatic heterocycles. The van der Waals surface area contributed by atoms with Crippen molar-refractivity contribution in [1.82, 2.24) is 4.98 Å². The van der Waals surface area contributed by atoms with Crippen LogP contribution in [0.4, 0.5) is 5.13 Å². The van der Waals surface area contributed by atoms with E-state index in [2.05, 4.69) is 17.2 Å².